The Labute approximate surface area is 173 Å². The van der Waals surface area contributed by atoms with Crippen molar-refractivity contribution in [2.75, 3.05) is 45.9 Å². The van der Waals surface area contributed by atoms with Gasteiger partial charge in [0.25, 0.3) is 0 Å². The highest BCUT2D eigenvalue weighted by Crippen LogP contribution is 2.60. The van der Waals surface area contributed by atoms with Crippen molar-refractivity contribution in [2.45, 2.75) is 51.9 Å². The standard InChI is InChI=1S/C22H33N3O4/c1-2-29-21(28)25-14-12-24(13-15-25)20(27)18-16-22(18)8-10-23(11-9-22)19(26)17-6-4-3-5-7-17/h6,18H,2-5,7-16H2,1H3/t18-/m1/s1. The Morgan fingerprint density at radius 3 is 2.31 bits per heavy atom. The zero-order valence-corrected chi connectivity index (χ0v) is 17.5. The Hall–Kier alpha value is -2.05. The number of hydrogen-bond acceptors (Lipinski definition) is 4. The Morgan fingerprint density at radius 2 is 1.69 bits per heavy atom. The van der Waals surface area contributed by atoms with Gasteiger partial charge in [-0.05, 0) is 57.3 Å². The van der Waals surface area contributed by atoms with Gasteiger partial charge in [0, 0.05) is 50.8 Å². The highest BCUT2D eigenvalue weighted by Gasteiger charge is 2.59. The highest BCUT2D eigenvalue weighted by molar-refractivity contribution is 5.93. The second-order valence-electron chi connectivity index (χ2n) is 8.90. The predicted octanol–water partition coefficient (Wildman–Crippen LogP) is 2.42. The van der Waals surface area contributed by atoms with Crippen LogP contribution in [0.1, 0.15) is 51.9 Å². The van der Waals surface area contributed by atoms with Crippen LogP contribution in [0.15, 0.2) is 11.6 Å². The normalized spacial score (nSPS) is 26.2. The van der Waals surface area contributed by atoms with E-state index in [1.807, 2.05) is 9.80 Å². The lowest BCUT2D eigenvalue weighted by molar-refractivity contribution is -0.135. The number of allylic oxidation sites excluding steroid dienone is 1. The van der Waals surface area contributed by atoms with Gasteiger partial charge in [0.2, 0.25) is 11.8 Å². The molecule has 2 aliphatic heterocycles. The van der Waals surface area contributed by atoms with Crippen LogP contribution in [-0.4, -0.2) is 78.5 Å². The number of hydrogen-bond donors (Lipinski definition) is 0. The number of carbonyl (C=O) groups is 3. The molecular weight excluding hydrogens is 370 g/mol. The molecule has 0 aromatic heterocycles. The van der Waals surface area contributed by atoms with E-state index in [0.717, 1.165) is 57.2 Å². The van der Waals surface area contributed by atoms with E-state index in [1.165, 1.54) is 6.42 Å². The zero-order valence-electron chi connectivity index (χ0n) is 17.5. The third-order valence-corrected chi connectivity index (χ3v) is 7.22. The molecule has 0 bridgehead atoms. The fraction of sp³-hybridized carbons (Fsp3) is 0.773. The van der Waals surface area contributed by atoms with Crippen molar-refractivity contribution >= 4 is 17.9 Å². The van der Waals surface area contributed by atoms with Crippen molar-refractivity contribution in [3.8, 4) is 0 Å². The summed E-state index contributed by atoms with van der Waals surface area (Å²) in [5, 5.41) is 0. The Balaban J connectivity index is 1.25. The SMILES string of the molecule is CCOC(=O)N1CCN(C(=O)[C@H]2CC23CCN(C(=O)C2=CCCCC2)CC3)CC1. The van der Waals surface area contributed by atoms with Gasteiger partial charge in [0.15, 0.2) is 0 Å². The molecule has 2 aliphatic carbocycles. The molecule has 160 valence electrons. The van der Waals surface area contributed by atoms with E-state index in [1.54, 1.807) is 11.8 Å². The largest absolute Gasteiger partial charge is 0.450 e. The summed E-state index contributed by atoms with van der Waals surface area (Å²) in [7, 11) is 0. The molecule has 4 aliphatic rings. The number of piperazine rings is 1. The van der Waals surface area contributed by atoms with Crippen molar-refractivity contribution in [1.82, 2.24) is 14.7 Å². The Morgan fingerprint density at radius 1 is 1.00 bits per heavy atom. The van der Waals surface area contributed by atoms with Crippen LogP contribution in [0.4, 0.5) is 4.79 Å². The average Bonchev–Trinajstić information content (AvgIpc) is 3.47. The summed E-state index contributed by atoms with van der Waals surface area (Å²) in [6.45, 7) is 5.98. The number of carbonyl (C=O) groups excluding carboxylic acids is 3. The maximum absolute atomic E-state index is 13.0. The van der Waals surface area contributed by atoms with Crippen LogP contribution in [0.25, 0.3) is 0 Å². The van der Waals surface area contributed by atoms with Gasteiger partial charge in [-0.3, -0.25) is 9.59 Å². The fourth-order valence-electron chi connectivity index (χ4n) is 5.18. The monoisotopic (exact) mass is 403 g/mol. The summed E-state index contributed by atoms with van der Waals surface area (Å²) in [5.74, 6) is 0.559. The highest BCUT2D eigenvalue weighted by atomic mass is 16.6. The molecule has 7 nitrogen and oxygen atoms in total. The number of likely N-dealkylation sites (tertiary alicyclic amines) is 1. The van der Waals surface area contributed by atoms with Gasteiger partial charge in [0.05, 0.1) is 6.61 Å². The van der Waals surface area contributed by atoms with E-state index in [-0.39, 0.29) is 29.2 Å². The van der Waals surface area contributed by atoms with Gasteiger partial charge in [-0.1, -0.05) is 6.08 Å². The van der Waals surface area contributed by atoms with Gasteiger partial charge < -0.3 is 19.4 Å². The topological polar surface area (TPSA) is 70.2 Å². The summed E-state index contributed by atoms with van der Waals surface area (Å²) >= 11 is 0. The second kappa shape index (κ2) is 8.36. The number of rotatable bonds is 3. The lowest BCUT2D eigenvalue weighted by atomic mass is 9.89. The third kappa shape index (κ3) is 4.14. The summed E-state index contributed by atoms with van der Waals surface area (Å²) in [6, 6.07) is 0. The number of nitrogens with zero attached hydrogens (tertiary/aromatic N) is 3. The summed E-state index contributed by atoms with van der Waals surface area (Å²) in [6.07, 6.45) is 8.92. The minimum Gasteiger partial charge on any atom is -0.450 e. The van der Waals surface area contributed by atoms with Crippen LogP contribution in [0.3, 0.4) is 0 Å². The molecule has 1 atom stereocenters. The maximum atomic E-state index is 13.0. The van der Waals surface area contributed by atoms with E-state index >= 15 is 0 Å². The smallest absolute Gasteiger partial charge is 0.409 e. The Kier molecular flexibility index (Phi) is 5.83. The molecule has 7 heteroatoms. The molecule has 0 unspecified atom stereocenters. The third-order valence-electron chi connectivity index (χ3n) is 7.22. The molecule has 3 fully saturated rings. The minimum absolute atomic E-state index is 0.0998. The first kappa shape index (κ1) is 20.2. The predicted molar refractivity (Wildman–Crippen MR) is 108 cm³/mol. The first-order valence-electron chi connectivity index (χ1n) is 11.2. The molecule has 0 aromatic rings. The average molecular weight is 404 g/mol. The second-order valence-corrected chi connectivity index (χ2v) is 8.90. The molecule has 1 saturated carbocycles. The van der Waals surface area contributed by atoms with Crippen LogP contribution in [-0.2, 0) is 14.3 Å². The number of piperidine rings is 1. The molecule has 4 rings (SSSR count). The minimum atomic E-state index is -0.285. The van der Waals surface area contributed by atoms with Gasteiger partial charge in [-0.15, -0.1) is 0 Å². The van der Waals surface area contributed by atoms with Gasteiger partial charge in [-0.2, -0.15) is 0 Å². The lowest BCUT2D eigenvalue weighted by Crippen LogP contribution is -2.51. The number of amides is 3. The van der Waals surface area contributed by atoms with E-state index < -0.39 is 0 Å². The van der Waals surface area contributed by atoms with Gasteiger partial charge in [0.1, 0.15) is 0 Å². The molecule has 1 spiro atoms. The first-order valence-corrected chi connectivity index (χ1v) is 11.2. The zero-order chi connectivity index (χ0) is 20.4. The number of ether oxygens (including phenoxy) is 1. The fourth-order valence-corrected chi connectivity index (χ4v) is 5.18. The van der Waals surface area contributed by atoms with E-state index in [2.05, 4.69) is 6.08 Å². The van der Waals surface area contributed by atoms with Crippen molar-refractivity contribution < 1.29 is 19.1 Å². The summed E-state index contributed by atoms with van der Waals surface area (Å²) in [4.78, 5) is 43.1. The summed E-state index contributed by atoms with van der Waals surface area (Å²) in [5.41, 5.74) is 1.10. The molecule has 3 amide bonds. The quantitative estimate of drug-likeness (QED) is 0.726. The van der Waals surface area contributed by atoms with E-state index in [9.17, 15) is 14.4 Å². The molecular formula is C22H33N3O4. The molecule has 0 radical (unpaired) electrons. The van der Waals surface area contributed by atoms with Crippen LogP contribution >= 0.6 is 0 Å². The molecule has 29 heavy (non-hydrogen) atoms. The van der Waals surface area contributed by atoms with Crippen LogP contribution < -0.4 is 0 Å². The molecule has 0 aromatic carbocycles. The summed E-state index contributed by atoms with van der Waals surface area (Å²) < 4.78 is 5.05. The van der Waals surface area contributed by atoms with E-state index in [0.29, 0.717) is 32.8 Å². The van der Waals surface area contributed by atoms with Crippen molar-refractivity contribution in [3.63, 3.8) is 0 Å². The molecule has 2 saturated heterocycles. The first-order chi connectivity index (χ1) is 14.0. The molecule has 0 N–H and O–H groups in total. The van der Waals surface area contributed by atoms with Crippen LogP contribution in [0, 0.1) is 11.3 Å². The molecule has 2 heterocycles. The lowest BCUT2D eigenvalue weighted by Gasteiger charge is -2.36. The van der Waals surface area contributed by atoms with Gasteiger partial charge in [-0.25, -0.2) is 4.79 Å². The van der Waals surface area contributed by atoms with Crippen LogP contribution in [0.2, 0.25) is 0 Å². The maximum Gasteiger partial charge on any atom is 0.409 e. The van der Waals surface area contributed by atoms with Crippen molar-refractivity contribution in [2.24, 2.45) is 11.3 Å². The Bertz CT molecular complexity index is 688. The van der Waals surface area contributed by atoms with E-state index in [4.69, 9.17) is 4.74 Å². The van der Waals surface area contributed by atoms with Crippen molar-refractivity contribution in [3.05, 3.63) is 11.6 Å². The van der Waals surface area contributed by atoms with Gasteiger partial charge >= 0.3 is 6.09 Å². The van der Waals surface area contributed by atoms with Crippen molar-refractivity contribution in [1.29, 1.82) is 0 Å². The van der Waals surface area contributed by atoms with Crippen LogP contribution in [0.5, 0.6) is 0 Å².